The number of benzene rings is 3. The van der Waals surface area contributed by atoms with Crippen molar-refractivity contribution in [3.8, 4) is 0 Å². The summed E-state index contributed by atoms with van der Waals surface area (Å²) in [5.41, 5.74) is 5.44. The van der Waals surface area contributed by atoms with E-state index in [-0.39, 0.29) is 23.8 Å². The van der Waals surface area contributed by atoms with Crippen molar-refractivity contribution in [3.63, 3.8) is 0 Å². The fourth-order valence-electron chi connectivity index (χ4n) is 4.62. The standard InChI is InChI=1S/C24H23N3O2/c1-16(19-13-7-11-18-10-5-6-12-20(18)19)27-23(28)21-15-26(25-22(21)24(27)29)14-17-8-3-2-4-9-17/h2-13,16,21-22,25H,14-15H2,1H3/t16-,21+,22-/m1/s1. The van der Waals surface area contributed by atoms with Gasteiger partial charge in [0.1, 0.15) is 6.04 Å². The first kappa shape index (κ1) is 18.0. The molecule has 146 valence electrons. The van der Waals surface area contributed by atoms with E-state index in [0.717, 1.165) is 21.9 Å². The third-order valence-electron chi connectivity index (χ3n) is 6.08. The van der Waals surface area contributed by atoms with Crippen LogP contribution in [0.15, 0.2) is 72.8 Å². The summed E-state index contributed by atoms with van der Waals surface area (Å²) < 4.78 is 0. The number of carbonyl (C=O) groups excluding carboxylic acids is 2. The molecular weight excluding hydrogens is 362 g/mol. The zero-order valence-corrected chi connectivity index (χ0v) is 16.3. The summed E-state index contributed by atoms with van der Waals surface area (Å²) in [4.78, 5) is 27.8. The summed E-state index contributed by atoms with van der Waals surface area (Å²) in [6.07, 6.45) is 0. The molecule has 2 aliphatic heterocycles. The van der Waals surface area contributed by atoms with Crippen molar-refractivity contribution in [1.82, 2.24) is 15.3 Å². The lowest BCUT2D eigenvalue weighted by molar-refractivity contribution is -0.143. The van der Waals surface area contributed by atoms with Gasteiger partial charge in [0.25, 0.3) is 0 Å². The fourth-order valence-corrected chi connectivity index (χ4v) is 4.62. The molecule has 0 radical (unpaired) electrons. The third kappa shape index (κ3) is 3.03. The normalized spacial score (nSPS) is 23.0. The number of carbonyl (C=O) groups is 2. The molecule has 0 saturated carbocycles. The van der Waals surface area contributed by atoms with Crippen LogP contribution in [-0.2, 0) is 16.1 Å². The molecule has 0 aliphatic carbocycles. The first-order valence-corrected chi connectivity index (χ1v) is 10.0. The minimum Gasteiger partial charge on any atom is -0.274 e. The molecule has 1 N–H and O–H groups in total. The van der Waals surface area contributed by atoms with Gasteiger partial charge in [0, 0.05) is 13.1 Å². The van der Waals surface area contributed by atoms with Crippen LogP contribution in [0.5, 0.6) is 0 Å². The zero-order chi connectivity index (χ0) is 20.0. The van der Waals surface area contributed by atoms with E-state index >= 15 is 0 Å². The molecule has 0 bridgehead atoms. The van der Waals surface area contributed by atoms with Crippen LogP contribution in [0.3, 0.4) is 0 Å². The number of fused-ring (bicyclic) bond motifs is 2. The molecule has 0 aromatic heterocycles. The number of hydrogen-bond donors (Lipinski definition) is 1. The van der Waals surface area contributed by atoms with Crippen LogP contribution in [0.2, 0.25) is 0 Å². The van der Waals surface area contributed by atoms with E-state index in [1.807, 2.05) is 72.6 Å². The third-order valence-corrected chi connectivity index (χ3v) is 6.08. The Balaban J connectivity index is 1.38. The molecule has 2 heterocycles. The average molecular weight is 385 g/mol. The number of hydrazine groups is 1. The van der Waals surface area contributed by atoms with E-state index in [2.05, 4.69) is 17.6 Å². The second-order valence-corrected chi connectivity index (χ2v) is 7.87. The minimum absolute atomic E-state index is 0.0801. The van der Waals surface area contributed by atoms with Gasteiger partial charge in [-0.3, -0.25) is 14.5 Å². The van der Waals surface area contributed by atoms with Crippen molar-refractivity contribution in [2.24, 2.45) is 5.92 Å². The highest BCUT2D eigenvalue weighted by atomic mass is 16.2. The van der Waals surface area contributed by atoms with E-state index in [0.29, 0.717) is 13.1 Å². The van der Waals surface area contributed by atoms with Crippen LogP contribution in [-0.4, -0.2) is 34.3 Å². The molecule has 5 heteroatoms. The number of nitrogens with zero attached hydrogens (tertiary/aromatic N) is 2. The molecular formula is C24H23N3O2. The highest BCUT2D eigenvalue weighted by molar-refractivity contribution is 6.08. The van der Waals surface area contributed by atoms with Crippen molar-refractivity contribution in [2.45, 2.75) is 25.6 Å². The quantitative estimate of drug-likeness (QED) is 0.701. The average Bonchev–Trinajstić information content (AvgIpc) is 3.26. The molecule has 29 heavy (non-hydrogen) atoms. The van der Waals surface area contributed by atoms with E-state index in [1.165, 1.54) is 4.90 Å². The SMILES string of the molecule is C[C@H](c1cccc2ccccc12)N1C(=O)[C@H]2CN(Cc3ccccc3)N[C@H]2C1=O. The van der Waals surface area contributed by atoms with Crippen molar-refractivity contribution < 1.29 is 9.59 Å². The number of rotatable bonds is 4. The number of nitrogens with one attached hydrogen (secondary N) is 1. The predicted octanol–water partition coefficient (Wildman–Crippen LogP) is 3.27. The fraction of sp³-hybridized carbons (Fsp3) is 0.250. The molecule has 3 atom stereocenters. The monoisotopic (exact) mass is 385 g/mol. The topological polar surface area (TPSA) is 52.7 Å². The molecule has 5 rings (SSSR count). The first-order valence-electron chi connectivity index (χ1n) is 10.0. The Kier molecular flexibility index (Phi) is 4.42. The van der Waals surface area contributed by atoms with Gasteiger partial charge in [0.2, 0.25) is 11.8 Å². The number of likely N-dealkylation sites (tertiary alicyclic amines) is 1. The number of imide groups is 1. The summed E-state index contributed by atoms with van der Waals surface area (Å²) in [7, 11) is 0. The second-order valence-electron chi connectivity index (χ2n) is 7.87. The van der Waals surface area contributed by atoms with Crippen LogP contribution in [0, 0.1) is 5.92 Å². The van der Waals surface area contributed by atoms with Crippen molar-refractivity contribution in [1.29, 1.82) is 0 Å². The lowest BCUT2D eigenvalue weighted by Crippen LogP contribution is -2.44. The van der Waals surface area contributed by atoms with E-state index in [4.69, 9.17) is 0 Å². The Morgan fingerprint density at radius 2 is 1.66 bits per heavy atom. The Morgan fingerprint density at radius 3 is 2.45 bits per heavy atom. The van der Waals surface area contributed by atoms with Gasteiger partial charge < -0.3 is 0 Å². The molecule has 3 aromatic carbocycles. The predicted molar refractivity (Wildman–Crippen MR) is 111 cm³/mol. The summed E-state index contributed by atoms with van der Waals surface area (Å²) in [6.45, 7) is 3.16. The van der Waals surface area contributed by atoms with Gasteiger partial charge in [0.15, 0.2) is 0 Å². The highest BCUT2D eigenvalue weighted by Gasteiger charge is 2.53. The molecule has 0 spiro atoms. The van der Waals surface area contributed by atoms with Crippen LogP contribution in [0.1, 0.15) is 24.1 Å². The summed E-state index contributed by atoms with van der Waals surface area (Å²) in [5, 5.41) is 4.18. The zero-order valence-electron chi connectivity index (χ0n) is 16.3. The van der Waals surface area contributed by atoms with E-state index in [1.54, 1.807) is 0 Å². The van der Waals surface area contributed by atoms with Crippen LogP contribution < -0.4 is 5.43 Å². The van der Waals surface area contributed by atoms with Gasteiger partial charge >= 0.3 is 0 Å². The van der Waals surface area contributed by atoms with E-state index < -0.39 is 6.04 Å². The number of amides is 2. The van der Waals surface area contributed by atoms with E-state index in [9.17, 15) is 9.59 Å². The maximum absolute atomic E-state index is 13.2. The Hall–Kier alpha value is -3.02. The molecule has 2 amide bonds. The van der Waals surface area contributed by atoms with Crippen molar-refractivity contribution >= 4 is 22.6 Å². The van der Waals surface area contributed by atoms with Crippen LogP contribution in [0.25, 0.3) is 10.8 Å². The molecule has 0 unspecified atom stereocenters. The van der Waals surface area contributed by atoms with Crippen molar-refractivity contribution in [2.75, 3.05) is 6.54 Å². The largest absolute Gasteiger partial charge is 0.274 e. The minimum atomic E-state index is -0.469. The molecule has 2 saturated heterocycles. The van der Waals surface area contributed by atoms with Gasteiger partial charge in [-0.15, -0.1) is 0 Å². The summed E-state index contributed by atoms with van der Waals surface area (Å²) in [6, 6.07) is 23.4. The van der Waals surface area contributed by atoms with Gasteiger partial charge in [-0.1, -0.05) is 72.8 Å². The molecule has 2 aliphatic rings. The Bertz CT molecular complexity index is 1050. The summed E-state index contributed by atoms with van der Waals surface area (Å²) in [5.74, 6) is -0.539. The van der Waals surface area contributed by atoms with Crippen LogP contribution >= 0.6 is 0 Å². The van der Waals surface area contributed by atoms with Crippen LogP contribution in [0.4, 0.5) is 0 Å². The first-order chi connectivity index (χ1) is 14.1. The smallest absolute Gasteiger partial charge is 0.249 e. The van der Waals surface area contributed by atoms with Gasteiger partial charge in [-0.25, -0.2) is 10.4 Å². The lowest BCUT2D eigenvalue weighted by atomic mass is 9.99. The molecule has 2 fully saturated rings. The Morgan fingerprint density at radius 1 is 0.931 bits per heavy atom. The number of hydrogen-bond acceptors (Lipinski definition) is 4. The van der Waals surface area contributed by atoms with Gasteiger partial charge in [-0.2, -0.15) is 0 Å². The Labute approximate surface area is 169 Å². The van der Waals surface area contributed by atoms with Gasteiger partial charge in [-0.05, 0) is 28.8 Å². The molecule has 3 aromatic rings. The maximum atomic E-state index is 13.2. The second kappa shape index (κ2) is 7.10. The highest BCUT2D eigenvalue weighted by Crippen LogP contribution is 2.35. The molecule has 5 nitrogen and oxygen atoms in total. The maximum Gasteiger partial charge on any atom is 0.249 e. The van der Waals surface area contributed by atoms with Gasteiger partial charge in [0.05, 0.1) is 12.0 Å². The summed E-state index contributed by atoms with van der Waals surface area (Å²) >= 11 is 0. The van der Waals surface area contributed by atoms with Crippen molar-refractivity contribution in [3.05, 3.63) is 83.9 Å². The lowest BCUT2D eigenvalue weighted by Gasteiger charge is -2.27.